The maximum Gasteiger partial charge on any atom is 0.249 e. The summed E-state index contributed by atoms with van der Waals surface area (Å²) in [5.41, 5.74) is 7.54. The van der Waals surface area contributed by atoms with Crippen molar-refractivity contribution in [2.75, 3.05) is 57.9 Å². The van der Waals surface area contributed by atoms with E-state index in [1.54, 1.807) is 11.0 Å². The Labute approximate surface area is 213 Å². The summed E-state index contributed by atoms with van der Waals surface area (Å²) in [4.78, 5) is 45.7. The van der Waals surface area contributed by atoms with Gasteiger partial charge < -0.3 is 29.9 Å². The summed E-state index contributed by atoms with van der Waals surface area (Å²) in [5, 5.41) is 0. The Morgan fingerprint density at radius 3 is 2.50 bits per heavy atom. The molecule has 4 atom stereocenters. The molecule has 3 saturated heterocycles. The number of Topliss-reactive ketones (excluding diaryl/α,β-unsaturated/α-hetero) is 1. The number of rotatable bonds is 7. The highest BCUT2D eigenvalue weighted by molar-refractivity contribution is 5.99. The summed E-state index contributed by atoms with van der Waals surface area (Å²) in [7, 11) is 2.10. The van der Waals surface area contributed by atoms with Gasteiger partial charge in [0.1, 0.15) is 24.9 Å². The van der Waals surface area contributed by atoms with Gasteiger partial charge in [-0.15, -0.1) is 0 Å². The maximum absolute atomic E-state index is 14.3. The van der Waals surface area contributed by atoms with Gasteiger partial charge >= 0.3 is 0 Å². The molecule has 0 bridgehead atoms. The zero-order valence-corrected chi connectivity index (χ0v) is 22.2. The molecule has 0 radical (unpaired) electrons. The Morgan fingerprint density at radius 1 is 1.19 bits per heavy atom. The Bertz CT molecular complexity index is 998. The van der Waals surface area contributed by atoms with Crippen molar-refractivity contribution in [3.8, 4) is 0 Å². The fourth-order valence-electron chi connectivity index (χ4n) is 5.67. The van der Waals surface area contributed by atoms with Gasteiger partial charge in [-0.25, -0.2) is 0 Å². The number of anilines is 1. The molecule has 0 aromatic heterocycles. The topological polar surface area (TPSA) is 105 Å². The molecule has 3 fully saturated rings. The van der Waals surface area contributed by atoms with Crippen LogP contribution in [0.25, 0.3) is 0 Å². The van der Waals surface area contributed by atoms with Crippen molar-refractivity contribution in [1.82, 2.24) is 9.80 Å². The fourth-order valence-corrected chi connectivity index (χ4v) is 5.67. The molecule has 1 aromatic carbocycles. The van der Waals surface area contributed by atoms with Gasteiger partial charge in [0.05, 0.1) is 12.5 Å². The molecule has 198 valence electrons. The summed E-state index contributed by atoms with van der Waals surface area (Å²) < 4.78 is 11.6. The number of carbonyl (C=O) groups excluding carboxylic acids is 3. The van der Waals surface area contributed by atoms with Crippen LogP contribution >= 0.6 is 0 Å². The zero-order valence-electron chi connectivity index (χ0n) is 22.2. The second-order valence-corrected chi connectivity index (χ2v) is 11.4. The highest BCUT2D eigenvalue weighted by Crippen LogP contribution is 2.39. The van der Waals surface area contributed by atoms with Crippen LogP contribution in [0.2, 0.25) is 0 Å². The first kappa shape index (κ1) is 26.6. The highest BCUT2D eigenvalue weighted by atomic mass is 16.6. The molecule has 0 unspecified atom stereocenters. The average Bonchev–Trinajstić information content (AvgIpc) is 3.37. The number of hydrogen-bond donors (Lipinski definition) is 1. The van der Waals surface area contributed by atoms with Crippen molar-refractivity contribution in [1.29, 1.82) is 0 Å². The van der Waals surface area contributed by atoms with Gasteiger partial charge in [0.25, 0.3) is 0 Å². The third-order valence-electron chi connectivity index (χ3n) is 7.46. The molecule has 4 rings (SSSR count). The van der Waals surface area contributed by atoms with Gasteiger partial charge in [0.2, 0.25) is 11.8 Å². The van der Waals surface area contributed by atoms with Crippen LogP contribution in [0.3, 0.4) is 0 Å². The van der Waals surface area contributed by atoms with Crippen LogP contribution in [0.15, 0.2) is 18.2 Å². The van der Waals surface area contributed by atoms with Crippen molar-refractivity contribution >= 4 is 23.3 Å². The third-order valence-corrected chi connectivity index (χ3v) is 7.46. The first-order chi connectivity index (χ1) is 17.0. The van der Waals surface area contributed by atoms with Gasteiger partial charge in [0, 0.05) is 44.0 Å². The van der Waals surface area contributed by atoms with E-state index < -0.39 is 24.0 Å². The molecule has 1 aromatic rings. The molecule has 3 aliphatic rings. The van der Waals surface area contributed by atoms with Crippen molar-refractivity contribution in [2.24, 2.45) is 11.1 Å². The molecule has 3 heterocycles. The quantitative estimate of drug-likeness (QED) is 0.607. The number of likely N-dealkylation sites (N-methyl/N-ethyl adjacent to an activating group) is 1. The number of ether oxygens (including phenoxy) is 2. The van der Waals surface area contributed by atoms with Gasteiger partial charge in [-0.3, -0.25) is 14.4 Å². The Morgan fingerprint density at radius 2 is 1.89 bits per heavy atom. The lowest BCUT2D eigenvalue weighted by Crippen LogP contribution is -2.45. The van der Waals surface area contributed by atoms with E-state index in [0.717, 1.165) is 31.9 Å². The second-order valence-electron chi connectivity index (χ2n) is 11.4. The number of primary amides is 1. The summed E-state index contributed by atoms with van der Waals surface area (Å²) >= 11 is 0. The van der Waals surface area contributed by atoms with Crippen LogP contribution in [-0.4, -0.2) is 98.6 Å². The molecule has 9 nitrogen and oxygen atoms in total. The van der Waals surface area contributed by atoms with Crippen LogP contribution in [-0.2, 0) is 19.1 Å². The van der Waals surface area contributed by atoms with E-state index in [-0.39, 0.29) is 29.8 Å². The first-order valence-electron chi connectivity index (χ1n) is 12.9. The standard InChI is InChI=1S/C27H40N4O5/c1-6-35-22-15-31(23-21(32)16-36-24(22)23)26(34)20(14-27(2,3)4)19-13-17(7-8-18(19)25(28)33)30-11-9-29(5)10-12-30/h7-8,13,20,22-24H,6,9-12,14-16H2,1-5H3,(H2,28,33)/t20-,22-,23+,24+/m0/s1. The number of hydrogen-bond acceptors (Lipinski definition) is 7. The van der Waals surface area contributed by atoms with E-state index >= 15 is 0 Å². The van der Waals surface area contributed by atoms with E-state index in [9.17, 15) is 14.4 Å². The van der Waals surface area contributed by atoms with Crippen LogP contribution in [0.4, 0.5) is 5.69 Å². The maximum atomic E-state index is 14.3. The minimum absolute atomic E-state index is 0.0158. The Kier molecular flexibility index (Phi) is 7.73. The van der Waals surface area contributed by atoms with Crippen LogP contribution in [0.1, 0.15) is 56.0 Å². The van der Waals surface area contributed by atoms with Gasteiger partial charge in [0.15, 0.2) is 5.78 Å². The monoisotopic (exact) mass is 500 g/mol. The van der Waals surface area contributed by atoms with Crippen molar-refractivity contribution < 1.29 is 23.9 Å². The minimum Gasteiger partial charge on any atom is -0.374 e. The number of likely N-dealkylation sites (tertiary alicyclic amines) is 1. The number of piperazine rings is 1. The number of benzene rings is 1. The predicted molar refractivity (Wildman–Crippen MR) is 137 cm³/mol. The molecule has 2 N–H and O–H groups in total. The molecule has 36 heavy (non-hydrogen) atoms. The molecule has 3 aliphatic heterocycles. The largest absolute Gasteiger partial charge is 0.374 e. The van der Waals surface area contributed by atoms with Gasteiger partial charge in [-0.05, 0) is 49.6 Å². The normalized spacial score (nSPS) is 25.8. The van der Waals surface area contributed by atoms with E-state index in [2.05, 4.69) is 37.6 Å². The number of amides is 2. The van der Waals surface area contributed by atoms with Gasteiger partial charge in [-0.2, -0.15) is 0 Å². The average molecular weight is 501 g/mol. The first-order valence-corrected chi connectivity index (χ1v) is 12.9. The summed E-state index contributed by atoms with van der Waals surface area (Å²) in [6.07, 6.45) is -0.303. The van der Waals surface area contributed by atoms with Crippen molar-refractivity contribution in [2.45, 2.75) is 58.3 Å². The lowest BCUT2D eigenvalue weighted by atomic mass is 9.79. The Hall–Kier alpha value is -2.49. The smallest absolute Gasteiger partial charge is 0.249 e. The summed E-state index contributed by atoms with van der Waals surface area (Å²) in [5.74, 6) is -1.48. The van der Waals surface area contributed by atoms with Gasteiger partial charge in [-0.1, -0.05) is 20.8 Å². The summed E-state index contributed by atoms with van der Waals surface area (Å²) in [6, 6.07) is 4.96. The van der Waals surface area contributed by atoms with Crippen molar-refractivity contribution in [3.05, 3.63) is 29.3 Å². The van der Waals surface area contributed by atoms with E-state index in [1.807, 2.05) is 19.1 Å². The lowest BCUT2D eigenvalue weighted by molar-refractivity contribution is -0.138. The number of fused-ring (bicyclic) bond motifs is 1. The number of ketones is 1. The van der Waals surface area contributed by atoms with E-state index in [0.29, 0.717) is 30.7 Å². The molecule has 0 spiro atoms. The predicted octanol–water partition coefficient (Wildman–Crippen LogP) is 1.64. The number of nitrogens with two attached hydrogens (primary N) is 1. The zero-order chi connectivity index (χ0) is 26.2. The molecule has 2 amide bonds. The fraction of sp³-hybridized carbons (Fsp3) is 0.667. The lowest BCUT2D eigenvalue weighted by Gasteiger charge is -2.35. The summed E-state index contributed by atoms with van der Waals surface area (Å²) in [6.45, 7) is 12.5. The third kappa shape index (κ3) is 5.43. The molecular formula is C27H40N4O5. The minimum atomic E-state index is -0.658. The van der Waals surface area contributed by atoms with Crippen molar-refractivity contribution in [3.63, 3.8) is 0 Å². The van der Waals surface area contributed by atoms with Crippen LogP contribution in [0.5, 0.6) is 0 Å². The van der Waals surface area contributed by atoms with E-state index in [1.165, 1.54) is 0 Å². The molecule has 0 aliphatic carbocycles. The Balaban J connectivity index is 1.73. The molecular weight excluding hydrogens is 460 g/mol. The SMILES string of the molecule is CCO[C@H]1CN(C(=O)[C@@H](CC(C)(C)C)c2cc(N3CCN(C)CC3)ccc2C(N)=O)[C@@H]2C(=O)CO[C@H]12. The number of nitrogens with zero attached hydrogens (tertiary/aromatic N) is 3. The van der Waals surface area contributed by atoms with E-state index in [4.69, 9.17) is 15.2 Å². The molecule has 0 saturated carbocycles. The van der Waals surface area contributed by atoms with Crippen LogP contribution < -0.4 is 10.6 Å². The highest BCUT2D eigenvalue weighted by Gasteiger charge is 2.54. The molecule has 9 heteroatoms. The second kappa shape index (κ2) is 10.5. The van der Waals surface area contributed by atoms with Crippen LogP contribution in [0, 0.1) is 5.41 Å². The number of carbonyl (C=O) groups is 3.